The third-order valence-electron chi connectivity index (χ3n) is 5.20. The van der Waals surface area contributed by atoms with E-state index in [1.807, 2.05) is 6.34 Å². The van der Waals surface area contributed by atoms with Crippen molar-refractivity contribution in [1.82, 2.24) is 10.2 Å². The van der Waals surface area contributed by atoms with E-state index in [-0.39, 0.29) is 0 Å². The van der Waals surface area contributed by atoms with Crippen LogP contribution >= 0.6 is 0 Å². The highest BCUT2D eigenvalue weighted by Gasteiger charge is 2.03. The molecule has 0 radical (unpaired) electrons. The second kappa shape index (κ2) is 18.9. The zero-order valence-corrected chi connectivity index (χ0v) is 17.6. The highest BCUT2D eigenvalue weighted by atomic mass is 15.2. The standard InChI is InChI=1S/C23H45N3/c1-2-3-4-5-6-7-8-9-10-11-12-13-14-15-16-17-18-24-19-21-26-22-20-25-23-26/h9-10,23-24H,2-8,11-22H2,1H3. The molecular formula is C23H45N3. The predicted molar refractivity (Wildman–Crippen MR) is 117 cm³/mol. The highest BCUT2D eigenvalue weighted by Crippen LogP contribution is 2.09. The molecule has 0 bridgehead atoms. The van der Waals surface area contributed by atoms with Crippen molar-refractivity contribution in [2.75, 3.05) is 32.7 Å². The monoisotopic (exact) mass is 363 g/mol. The Morgan fingerprint density at radius 1 is 0.808 bits per heavy atom. The van der Waals surface area contributed by atoms with Crippen LogP contribution in [0.2, 0.25) is 0 Å². The first-order chi connectivity index (χ1) is 12.9. The Balaban J connectivity index is 1.67. The van der Waals surface area contributed by atoms with Crippen molar-refractivity contribution in [2.24, 2.45) is 4.99 Å². The Morgan fingerprint density at radius 3 is 2.04 bits per heavy atom. The first kappa shape index (κ1) is 23.2. The van der Waals surface area contributed by atoms with Gasteiger partial charge in [0.15, 0.2) is 0 Å². The molecule has 0 spiro atoms. The van der Waals surface area contributed by atoms with Gasteiger partial charge in [0, 0.05) is 19.6 Å². The molecule has 3 nitrogen and oxygen atoms in total. The van der Waals surface area contributed by atoms with Gasteiger partial charge in [0.05, 0.1) is 12.9 Å². The molecule has 3 heteroatoms. The minimum absolute atomic E-state index is 0.981. The summed E-state index contributed by atoms with van der Waals surface area (Å²) in [6.45, 7) is 7.75. The first-order valence-electron chi connectivity index (χ1n) is 11.5. The van der Waals surface area contributed by atoms with Gasteiger partial charge in [0.25, 0.3) is 0 Å². The number of rotatable bonds is 19. The average molecular weight is 364 g/mol. The number of hydrogen-bond donors (Lipinski definition) is 1. The molecule has 1 N–H and O–H groups in total. The molecule has 1 heterocycles. The number of aliphatic imine (C=N–C) groups is 1. The second-order valence-electron chi connectivity index (χ2n) is 7.75. The van der Waals surface area contributed by atoms with Crippen molar-refractivity contribution in [2.45, 2.75) is 96.8 Å². The topological polar surface area (TPSA) is 27.6 Å². The maximum atomic E-state index is 4.23. The van der Waals surface area contributed by atoms with Crippen LogP contribution in [0.3, 0.4) is 0 Å². The van der Waals surface area contributed by atoms with Crippen molar-refractivity contribution >= 4 is 6.34 Å². The first-order valence-corrected chi connectivity index (χ1v) is 11.5. The molecule has 0 aromatic rings. The lowest BCUT2D eigenvalue weighted by Gasteiger charge is -2.13. The van der Waals surface area contributed by atoms with Crippen LogP contribution in [0.5, 0.6) is 0 Å². The van der Waals surface area contributed by atoms with Gasteiger partial charge >= 0.3 is 0 Å². The summed E-state index contributed by atoms with van der Waals surface area (Å²) < 4.78 is 0. The lowest BCUT2D eigenvalue weighted by atomic mass is 10.1. The van der Waals surface area contributed by atoms with E-state index in [0.717, 1.165) is 26.2 Å². The SMILES string of the molecule is CCCCCCCCC=CCCCCCCCCNCCN1C=NCC1. The molecule has 1 aliphatic rings. The fourth-order valence-electron chi connectivity index (χ4n) is 3.43. The van der Waals surface area contributed by atoms with Gasteiger partial charge in [-0.2, -0.15) is 0 Å². The van der Waals surface area contributed by atoms with E-state index in [9.17, 15) is 0 Å². The van der Waals surface area contributed by atoms with Gasteiger partial charge < -0.3 is 10.2 Å². The normalized spacial score (nSPS) is 14.1. The fourth-order valence-corrected chi connectivity index (χ4v) is 3.43. The van der Waals surface area contributed by atoms with E-state index < -0.39 is 0 Å². The minimum Gasteiger partial charge on any atom is -0.360 e. The number of nitrogens with zero attached hydrogens (tertiary/aromatic N) is 2. The lowest BCUT2D eigenvalue weighted by Crippen LogP contribution is -2.30. The van der Waals surface area contributed by atoms with Crippen LogP contribution in [0.15, 0.2) is 17.1 Å². The summed E-state index contributed by atoms with van der Waals surface area (Å²) >= 11 is 0. The van der Waals surface area contributed by atoms with Gasteiger partial charge in [-0.1, -0.05) is 76.9 Å². The number of allylic oxidation sites excluding steroid dienone is 2. The van der Waals surface area contributed by atoms with Gasteiger partial charge in [-0.15, -0.1) is 0 Å². The maximum absolute atomic E-state index is 4.23. The Hall–Kier alpha value is -0.830. The van der Waals surface area contributed by atoms with Crippen LogP contribution in [0.1, 0.15) is 96.8 Å². The van der Waals surface area contributed by atoms with Crippen LogP contribution in [-0.2, 0) is 0 Å². The third kappa shape index (κ3) is 15.4. The van der Waals surface area contributed by atoms with Crippen LogP contribution in [-0.4, -0.2) is 44.0 Å². The third-order valence-corrected chi connectivity index (χ3v) is 5.20. The fraction of sp³-hybridized carbons (Fsp3) is 0.870. The van der Waals surface area contributed by atoms with Crippen molar-refractivity contribution in [3.63, 3.8) is 0 Å². The van der Waals surface area contributed by atoms with E-state index in [0.29, 0.717) is 0 Å². The zero-order valence-electron chi connectivity index (χ0n) is 17.6. The summed E-state index contributed by atoms with van der Waals surface area (Å²) in [6.07, 6.45) is 26.2. The maximum Gasteiger partial charge on any atom is 0.0851 e. The predicted octanol–water partition coefficient (Wildman–Crippen LogP) is 5.96. The molecular weight excluding hydrogens is 318 g/mol. The summed E-state index contributed by atoms with van der Waals surface area (Å²) in [4.78, 5) is 6.54. The van der Waals surface area contributed by atoms with Gasteiger partial charge in [0.2, 0.25) is 0 Å². The van der Waals surface area contributed by atoms with Crippen molar-refractivity contribution in [3.05, 3.63) is 12.2 Å². The summed E-state index contributed by atoms with van der Waals surface area (Å²) in [5, 5.41) is 3.55. The van der Waals surface area contributed by atoms with Crippen molar-refractivity contribution in [1.29, 1.82) is 0 Å². The molecule has 0 amide bonds. The van der Waals surface area contributed by atoms with E-state index in [1.54, 1.807) is 0 Å². The Morgan fingerprint density at radius 2 is 1.42 bits per heavy atom. The van der Waals surface area contributed by atoms with Crippen LogP contribution in [0.4, 0.5) is 0 Å². The van der Waals surface area contributed by atoms with E-state index in [2.05, 4.69) is 34.3 Å². The van der Waals surface area contributed by atoms with Crippen LogP contribution in [0.25, 0.3) is 0 Å². The van der Waals surface area contributed by atoms with E-state index >= 15 is 0 Å². The molecule has 0 saturated heterocycles. The molecule has 0 unspecified atom stereocenters. The Kier molecular flexibility index (Phi) is 16.9. The van der Waals surface area contributed by atoms with Crippen molar-refractivity contribution in [3.8, 4) is 0 Å². The molecule has 0 aromatic carbocycles. The molecule has 1 aliphatic heterocycles. The molecule has 0 fully saturated rings. The molecule has 152 valence electrons. The number of unbranched alkanes of at least 4 members (excludes halogenated alkanes) is 12. The smallest absolute Gasteiger partial charge is 0.0851 e. The van der Waals surface area contributed by atoms with Gasteiger partial charge in [-0.05, 0) is 38.6 Å². The van der Waals surface area contributed by atoms with E-state index in [1.165, 1.54) is 96.4 Å². The molecule has 0 aromatic heterocycles. The highest BCUT2D eigenvalue weighted by molar-refractivity contribution is 5.56. The molecule has 0 atom stereocenters. The lowest BCUT2D eigenvalue weighted by molar-refractivity contribution is 0.448. The van der Waals surface area contributed by atoms with E-state index in [4.69, 9.17) is 0 Å². The number of hydrogen-bond acceptors (Lipinski definition) is 3. The van der Waals surface area contributed by atoms with Crippen LogP contribution < -0.4 is 5.32 Å². The van der Waals surface area contributed by atoms with Crippen molar-refractivity contribution < 1.29 is 0 Å². The summed E-state index contributed by atoms with van der Waals surface area (Å²) in [5.41, 5.74) is 0. The summed E-state index contributed by atoms with van der Waals surface area (Å²) in [5.74, 6) is 0. The summed E-state index contributed by atoms with van der Waals surface area (Å²) in [6, 6.07) is 0. The quantitative estimate of drug-likeness (QED) is 0.226. The van der Waals surface area contributed by atoms with Gasteiger partial charge in [-0.3, -0.25) is 4.99 Å². The molecule has 0 aliphatic carbocycles. The largest absolute Gasteiger partial charge is 0.360 e. The minimum atomic E-state index is 0.981. The van der Waals surface area contributed by atoms with Gasteiger partial charge in [-0.25, -0.2) is 0 Å². The van der Waals surface area contributed by atoms with Gasteiger partial charge in [0.1, 0.15) is 0 Å². The Bertz CT molecular complexity index is 338. The summed E-state index contributed by atoms with van der Waals surface area (Å²) in [7, 11) is 0. The Labute approximate surface area is 163 Å². The number of nitrogens with one attached hydrogen (secondary N) is 1. The average Bonchev–Trinajstić information content (AvgIpc) is 3.17. The zero-order chi connectivity index (χ0) is 18.5. The molecule has 26 heavy (non-hydrogen) atoms. The van der Waals surface area contributed by atoms with Crippen LogP contribution in [0, 0.1) is 0 Å². The molecule has 0 saturated carbocycles. The second-order valence-corrected chi connectivity index (χ2v) is 7.75. The molecule has 1 rings (SSSR count).